The van der Waals surface area contributed by atoms with Crippen molar-refractivity contribution in [1.29, 1.82) is 0 Å². The third-order valence-corrected chi connectivity index (χ3v) is 4.32. The number of rotatable bonds is 5. The van der Waals surface area contributed by atoms with Gasteiger partial charge in [0.25, 0.3) is 11.7 Å². The maximum absolute atomic E-state index is 12.2. The Bertz CT molecular complexity index is 840. The Morgan fingerprint density at radius 3 is 2.78 bits per heavy atom. The number of aromatic nitrogens is 1. The van der Waals surface area contributed by atoms with Crippen LogP contribution in [-0.4, -0.2) is 23.8 Å². The molecule has 6 heteroatoms. The molecule has 0 saturated heterocycles. The molecule has 0 spiro atoms. The molecule has 0 bridgehead atoms. The zero-order valence-electron chi connectivity index (χ0n) is 12.4. The number of carbonyl (C=O) groups is 2. The Morgan fingerprint density at radius 2 is 2.00 bits per heavy atom. The first kappa shape index (κ1) is 15.2. The minimum Gasteiger partial charge on any atom is -0.497 e. The second-order valence-corrected chi connectivity index (χ2v) is 5.88. The van der Waals surface area contributed by atoms with Gasteiger partial charge in [-0.2, -0.15) is 0 Å². The van der Waals surface area contributed by atoms with E-state index >= 15 is 0 Å². The van der Waals surface area contributed by atoms with Crippen LogP contribution in [0.3, 0.4) is 0 Å². The van der Waals surface area contributed by atoms with E-state index in [9.17, 15) is 9.59 Å². The standard InChI is InChI=1S/C17H14N2O3S/c1-22-12-6-4-5-11(9-12)10-18-16(21)15(20)17-19-13-7-2-3-8-14(13)23-17/h2-9H,10H2,1H3,(H,18,21). The molecule has 0 aliphatic carbocycles. The van der Waals surface area contributed by atoms with Crippen molar-refractivity contribution in [1.82, 2.24) is 10.3 Å². The molecule has 116 valence electrons. The SMILES string of the molecule is COc1cccc(CNC(=O)C(=O)c2nc3ccccc3s2)c1. The molecule has 0 atom stereocenters. The summed E-state index contributed by atoms with van der Waals surface area (Å²) in [6, 6.07) is 14.7. The highest BCUT2D eigenvalue weighted by atomic mass is 32.1. The third-order valence-electron chi connectivity index (χ3n) is 3.28. The quantitative estimate of drug-likeness (QED) is 0.578. The fourth-order valence-corrected chi connectivity index (χ4v) is 3.01. The Balaban J connectivity index is 1.68. The van der Waals surface area contributed by atoms with Crippen molar-refractivity contribution in [3.05, 3.63) is 59.1 Å². The molecule has 1 aromatic heterocycles. The zero-order chi connectivity index (χ0) is 16.2. The number of para-hydroxylation sites is 1. The minimum absolute atomic E-state index is 0.203. The first-order chi connectivity index (χ1) is 11.2. The number of methoxy groups -OCH3 is 1. The van der Waals surface area contributed by atoms with Crippen LogP contribution in [0, 0.1) is 0 Å². The van der Waals surface area contributed by atoms with Crippen LogP contribution in [0.2, 0.25) is 0 Å². The van der Waals surface area contributed by atoms with Crippen molar-refractivity contribution in [3.8, 4) is 5.75 Å². The first-order valence-electron chi connectivity index (χ1n) is 6.98. The van der Waals surface area contributed by atoms with Crippen LogP contribution in [0.5, 0.6) is 5.75 Å². The lowest BCUT2D eigenvalue weighted by Gasteiger charge is -2.05. The Hall–Kier alpha value is -2.73. The van der Waals surface area contributed by atoms with E-state index in [1.54, 1.807) is 7.11 Å². The zero-order valence-corrected chi connectivity index (χ0v) is 13.2. The number of thiazole rings is 1. The molecule has 5 nitrogen and oxygen atoms in total. The molecular weight excluding hydrogens is 312 g/mol. The molecule has 0 aliphatic heterocycles. The number of hydrogen-bond donors (Lipinski definition) is 1. The van der Waals surface area contributed by atoms with Crippen LogP contribution in [0.1, 0.15) is 15.4 Å². The number of ether oxygens (including phenoxy) is 1. The lowest BCUT2D eigenvalue weighted by atomic mass is 10.2. The molecule has 3 rings (SSSR count). The van der Waals surface area contributed by atoms with E-state index in [0.717, 1.165) is 15.8 Å². The number of benzene rings is 2. The number of amides is 1. The van der Waals surface area contributed by atoms with Crippen molar-refractivity contribution in [2.45, 2.75) is 6.54 Å². The van der Waals surface area contributed by atoms with Gasteiger partial charge in [0, 0.05) is 6.54 Å². The fourth-order valence-electron chi connectivity index (χ4n) is 2.11. The Kier molecular flexibility index (Phi) is 4.34. The Morgan fingerprint density at radius 1 is 1.17 bits per heavy atom. The van der Waals surface area contributed by atoms with Crippen molar-refractivity contribution in [2.75, 3.05) is 7.11 Å². The van der Waals surface area contributed by atoms with E-state index in [0.29, 0.717) is 5.75 Å². The van der Waals surface area contributed by atoms with Gasteiger partial charge in [-0.1, -0.05) is 24.3 Å². The average molecular weight is 326 g/mol. The number of fused-ring (bicyclic) bond motifs is 1. The molecule has 0 aliphatic rings. The maximum Gasteiger partial charge on any atom is 0.295 e. The van der Waals surface area contributed by atoms with Gasteiger partial charge < -0.3 is 10.1 Å². The highest BCUT2D eigenvalue weighted by Gasteiger charge is 2.20. The van der Waals surface area contributed by atoms with E-state index in [4.69, 9.17) is 4.74 Å². The van der Waals surface area contributed by atoms with Crippen LogP contribution in [0.4, 0.5) is 0 Å². The van der Waals surface area contributed by atoms with Crippen LogP contribution < -0.4 is 10.1 Å². The minimum atomic E-state index is -0.660. The topological polar surface area (TPSA) is 68.3 Å². The maximum atomic E-state index is 12.2. The van der Waals surface area contributed by atoms with E-state index < -0.39 is 11.7 Å². The van der Waals surface area contributed by atoms with Gasteiger partial charge in [0.05, 0.1) is 17.3 Å². The largest absolute Gasteiger partial charge is 0.497 e. The lowest BCUT2D eigenvalue weighted by Crippen LogP contribution is -2.30. The highest BCUT2D eigenvalue weighted by Crippen LogP contribution is 2.21. The number of hydrogen-bond acceptors (Lipinski definition) is 5. The number of nitrogens with one attached hydrogen (secondary N) is 1. The second-order valence-electron chi connectivity index (χ2n) is 4.85. The summed E-state index contributed by atoms with van der Waals surface area (Å²) < 4.78 is 6.01. The molecule has 0 radical (unpaired) electrons. The molecule has 1 amide bonds. The third kappa shape index (κ3) is 3.37. The average Bonchev–Trinajstić information content (AvgIpc) is 3.03. The summed E-state index contributed by atoms with van der Waals surface area (Å²) in [6.45, 7) is 0.257. The summed E-state index contributed by atoms with van der Waals surface area (Å²) in [6.07, 6.45) is 0. The first-order valence-corrected chi connectivity index (χ1v) is 7.80. The van der Waals surface area contributed by atoms with E-state index in [1.165, 1.54) is 11.3 Å². The molecule has 3 aromatic rings. The summed E-state index contributed by atoms with van der Waals surface area (Å²) in [5.74, 6) is -0.574. The molecule has 2 aromatic carbocycles. The molecule has 0 saturated carbocycles. The molecular formula is C17H14N2O3S. The van der Waals surface area contributed by atoms with Gasteiger partial charge in [0.1, 0.15) is 5.75 Å². The van der Waals surface area contributed by atoms with E-state index in [1.807, 2.05) is 48.5 Å². The highest BCUT2D eigenvalue weighted by molar-refractivity contribution is 7.20. The van der Waals surface area contributed by atoms with Gasteiger partial charge in [-0.15, -0.1) is 11.3 Å². The van der Waals surface area contributed by atoms with Gasteiger partial charge in [-0.3, -0.25) is 9.59 Å². The summed E-state index contributed by atoms with van der Waals surface area (Å²) in [4.78, 5) is 28.4. The van der Waals surface area contributed by atoms with Crippen LogP contribution >= 0.6 is 11.3 Å². The van der Waals surface area contributed by atoms with Gasteiger partial charge in [0.2, 0.25) is 0 Å². The summed E-state index contributed by atoms with van der Waals surface area (Å²) >= 11 is 1.22. The van der Waals surface area contributed by atoms with Gasteiger partial charge in [-0.25, -0.2) is 4.98 Å². The van der Waals surface area contributed by atoms with Gasteiger partial charge in [-0.05, 0) is 29.8 Å². The monoisotopic (exact) mass is 326 g/mol. The fraction of sp³-hybridized carbons (Fsp3) is 0.118. The normalized spacial score (nSPS) is 10.5. The molecule has 0 unspecified atom stereocenters. The van der Waals surface area contributed by atoms with Crippen molar-refractivity contribution in [2.24, 2.45) is 0 Å². The van der Waals surface area contributed by atoms with Gasteiger partial charge >= 0.3 is 0 Å². The molecule has 23 heavy (non-hydrogen) atoms. The van der Waals surface area contributed by atoms with Gasteiger partial charge in [0.15, 0.2) is 5.01 Å². The van der Waals surface area contributed by atoms with Crippen LogP contribution in [-0.2, 0) is 11.3 Å². The smallest absolute Gasteiger partial charge is 0.295 e. The number of ketones is 1. The molecule has 1 N–H and O–H groups in total. The van der Waals surface area contributed by atoms with Crippen molar-refractivity contribution < 1.29 is 14.3 Å². The second kappa shape index (κ2) is 6.58. The number of nitrogens with zero attached hydrogens (tertiary/aromatic N) is 1. The number of carbonyl (C=O) groups excluding carboxylic acids is 2. The van der Waals surface area contributed by atoms with Crippen LogP contribution in [0.15, 0.2) is 48.5 Å². The van der Waals surface area contributed by atoms with E-state index in [2.05, 4.69) is 10.3 Å². The van der Waals surface area contributed by atoms with Crippen LogP contribution in [0.25, 0.3) is 10.2 Å². The van der Waals surface area contributed by atoms with Crippen molar-refractivity contribution >= 4 is 33.2 Å². The molecule has 0 fully saturated rings. The summed E-state index contributed by atoms with van der Waals surface area (Å²) in [5, 5.41) is 2.82. The molecule has 1 heterocycles. The number of Topliss-reactive ketones (excluding diaryl/α,β-unsaturated/α-hetero) is 1. The Labute approximate surface area is 136 Å². The van der Waals surface area contributed by atoms with E-state index in [-0.39, 0.29) is 11.6 Å². The van der Waals surface area contributed by atoms with Crippen molar-refractivity contribution in [3.63, 3.8) is 0 Å². The lowest BCUT2D eigenvalue weighted by molar-refractivity contribution is -0.117. The predicted octanol–water partition coefficient (Wildman–Crippen LogP) is 2.80. The predicted molar refractivity (Wildman–Crippen MR) is 88.8 cm³/mol. The summed E-state index contributed by atoms with van der Waals surface area (Å²) in [5.41, 5.74) is 1.58. The summed E-state index contributed by atoms with van der Waals surface area (Å²) in [7, 11) is 1.58.